The number of fused-ring (bicyclic) bond motifs is 3. The van der Waals surface area contributed by atoms with Crippen LogP contribution in [0.2, 0.25) is 0 Å². The number of hydrogen-bond acceptors (Lipinski definition) is 7. The molecule has 0 unspecified atom stereocenters. The number of ether oxygens (including phenoxy) is 4. The SMILES string of the molecule is Cc1cc(OCCCS(C)(=O)=O)cc2c1-c1cc(COc3cccc(OC(=O)C4CC4)c3)ccc1OCC2. The molecule has 8 heteroatoms. The molecule has 0 N–H and O–H groups in total. The van der Waals surface area contributed by atoms with E-state index < -0.39 is 9.84 Å². The van der Waals surface area contributed by atoms with Gasteiger partial charge in [-0.25, -0.2) is 8.42 Å². The van der Waals surface area contributed by atoms with Crippen molar-refractivity contribution >= 4 is 15.8 Å². The van der Waals surface area contributed by atoms with Crippen LogP contribution in [0.3, 0.4) is 0 Å². The molecule has 0 saturated heterocycles. The largest absolute Gasteiger partial charge is 0.494 e. The second kappa shape index (κ2) is 11.1. The fourth-order valence-electron chi connectivity index (χ4n) is 4.57. The lowest BCUT2D eigenvalue weighted by Gasteiger charge is -2.16. The van der Waals surface area contributed by atoms with Gasteiger partial charge in [-0.2, -0.15) is 0 Å². The van der Waals surface area contributed by atoms with E-state index in [1.54, 1.807) is 12.1 Å². The summed E-state index contributed by atoms with van der Waals surface area (Å²) >= 11 is 0. The van der Waals surface area contributed by atoms with Crippen molar-refractivity contribution in [3.8, 4) is 34.1 Å². The number of sulfone groups is 1. The Morgan fingerprint density at radius 2 is 1.82 bits per heavy atom. The zero-order chi connectivity index (χ0) is 26.7. The van der Waals surface area contributed by atoms with Crippen molar-refractivity contribution in [1.82, 2.24) is 0 Å². The molecule has 0 amide bonds. The topological polar surface area (TPSA) is 88.1 Å². The predicted octanol–water partition coefficient (Wildman–Crippen LogP) is 5.30. The molecule has 0 radical (unpaired) electrons. The highest BCUT2D eigenvalue weighted by Gasteiger charge is 2.31. The van der Waals surface area contributed by atoms with E-state index in [0.29, 0.717) is 37.7 Å². The van der Waals surface area contributed by atoms with E-state index in [-0.39, 0.29) is 17.6 Å². The minimum absolute atomic E-state index is 0.0372. The highest BCUT2D eigenvalue weighted by Crippen LogP contribution is 2.40. The molecule has 2 aliphatic rings. The van der Waals surface area contributed by atoms with Crippen LogP contribution in [0.1, 0.15) is 36.0 Å². The first kappa shape index (κ1) is 26.1. The maximum Gasteiger partial charge on any atom is 0.314 e. The number of rotatable bonds is 10. The average molecular weight is 537 g/mol. The van der Waals surface area contributed by atoms with Crippen LogP contribution >= 0.6 is 0 Å². The molecule has 7 nitrogen and oxygen atoms in total. The summed E-state index contributed by atoms with van der Waals surface area (Å²) in [6.45, 7) is 3.30. The molecule has 5 rings (SSSR count). The number of esters is 1. The van der Waals surface area contributed by atoms with Gasteiger partial charge >= 0.3 is 5.97 Å². The molecule has 0 atom stereocenters. The lowest BCUT2D eigenvalue weighted by Crippen LogP contribution is -2.09. The van der Waals surface area contributed by atoms with E-state index in [2.05, 4.69) is 13.0 Å². The van der Waals surface area contributed by atoms with Gasteiger partial charge in [0.2, 0.25) is 0 Å². The van der Waals surface area contributed by atoms with Crippen LogP contribution in [0, 0.1) is 12.8 Å². The highest BCUT2D eigenvalue weighted by atomic mass is 32.2. The quantitative estimate of drug-likeness (QED) is 0.197. The molecular formula is C30H32O7S. The third-order valence-electron chi connectivity index (χ3n) is 6.60. The van der Waals surface area contributed by atoms with Gasteiger partial charge in [0.1, 0.15) is 39.4 Å². The van der Waals surface area contributed by atoms with Crippen LogP contribution in [0.4, 0.5) is 0 Å². The predicted molar refractivity (Wildman–Crippen MR) is 145 cm³/mol. The summed E-state index contributed by atoms with van der Waals surface area (Å²) in [7, 11) is -3.00. The highest BCUT2D eigenvalue weighted by molar-refractivity contribution is 7.90. The zero-order valence-electron chi connectivity index (χ0n) is 21.7. The molecule has 1 fully saturated rings. The Morgan fingerprint density at radius 1 is 1.00 bits per heavy atom. The monoisotopic (exact) mass is 536 g/mol. The normalized spacial score (nSPS) is 14.5. The van der Waals surface area contributed by atoms with E-state index >= 15 is 0 Å². The number of hydrogen-bond donors (Lipinski definition) is 0. The maximum atomic E-state index is 12.0. The summed E-state index contributed by atoms with van der Waals surface area (Å²) < 4.78 is 46.2. The molecule has 1 saturated carbocycles. The summed E-state index contributed by atoms with van der Waals surface area (Å²) in [6.07, 6.45) is 4.23. The first-order valence-electron chi connectivity index (χ1n) is 12.9. The van der Waals surface area contributed by atoms with E-state index in [0.717, 1.165) is 58.6 Å². The van der Waals surface area contributed by atoms with Crippen molar-refractivity contribution in [3.63, 3.8) is 0 Å². The van der Waals surface area contributed by atoms with Crippen molar-refractivity contribution in [3.05, 3.63) is 71.3 Å². The molecule has 38 heavy (non-hydrogen) atoms. The second-order valence-corrected chi connectivity index (χ2v) is 12.3. The van der Waals surface area contributed by atoms with Gasteiger partial charge in [-0.1, -0.05) is 12.1 Å². The molecule has 3 aromatic carbocycles. The maximum absolute atomic E-state index is 12.0. The Balaban J connectivity index is 1.30. The molecule has 1 aliphatic carbocycles. The molecule has 0 bridgehead atoms. The Bertz CT molecular complexity index is 1440. The third-order valence-corrected chi connectivity index (χ3v) is 7.63. The molecule has 0 aromatic heterocycles. The van der Waals surface area contributed by atoms with Crippen molar-refractivity contribution in [1.29, 1.82) is 0 Å². The van der Waals surface area contributed by atoms with E-state index in [4.69, 9.17) is 18.9 Å². The Kier molecular flexibility index (Phi) is 7.61. The van der Waals surface area contributed by atoms with Crippen molar-refractivity contribution in [2.24, 2.45) is 5.92 Å². The van der Waals surface area contributed by atoms with Gasteiger partial charge < -0.3 is 18.9 Å². The third kappa shape index (κ3) is 6.67. The summed E-state index contributed by atoms with van der Waals surface area (Å²) in [5.74, 6) is 2.66. The summed E-state index contributed by atoms with van der Waals surface area (Å²) in [4.78, 5) is 12.0. The van der Waals surface area contributed by atoms with Gasteiger partial charge in [0, 0.05) is 24.3 Å². The Morgan fingerprint density at radius 3 is 2.61 bits per heavy atom. The Labute approximate surface area is 223 Å². The number of aryl methyl sites for hydroxylation is 1. The molecule has 3 aromatic rings. The molecule has 0 spiro atoms. The fourth-order valence-corrected chi connectivity index (χ4v) is 5.22. The lowest BCUT2D eigenvalue weighted by atomic mass is 9.92. The summed E-state index contributed by atoms with van der Waals surface area (Å²) in [5, 5.41) is 0. The molecule has 1 heterocycles. The second-order valence-electron chi connectivity index (χ2n) is 9.99. The van der Waals surface area contributed by atoms with E-state index in [1.807, 2.05) is 36.4 Å². The van der Waals surface area contributed by atoms with Gasteiger partial charge in [0.25, 0.3) is 0 Å². The van der Waals surface area contributed by atoms with Crippen LogP contribution in [-0.2, 0) is 27.7 Å². The van der Waals surface area contributed by atoms with Crippen LogP contribution < -0.4 is 18.9 Å². The van der Waals surface area contributed by atoms with Crippen molar-refractivity contribution in [2.75, 3.05) is 25.2 Å². The minimum Gasteiger partial charge on any atom is -0.494 e. The number of benzene rings is 3. The number of carbonyl (C=O) groups is 1. The molecular weight excluding hydrogens is 504 g/mol. The van der Waals surface area contributed by atoms with E-state index in [1.165, 1.54) is 6.26 Å². The smallest absolute Gasteiger partial charge is 0.314 e. The van der Waals surface area contributed by atoms with Gasteiger partial charge in [0.05, 0.1) is 24.9 Å². The standard InChI is InChI=1S/C30H32O7S/c1-20-15-26(34-12-4-14-38(2,32)33)17-23-11-13-35-28-10-7-21(16-27(28)29(20)23)19-36-24-5-3-6-25(18-24)37-30(31)22-8-9-22/h3,5-7,10,15-18,22H,4,8-9,11-14,19H2,1-2H3. The van der Waals surface area contributed by atoms with Crippen molar-refractivity contribution < 1.29 is 32.2 Å². The van der Waals surface area contributed by atoms with Gasteiger partial charge in [0.15, 0.2) is 0 Å². The van der Waals surface area contributed by atoms with Crippen LogP contribution in [0.15, 0.2) is 54.6 Å². The minimum atomic E-state index is -3.00. The average Bonchev–Trinajstić information content (AvgIpc) is 3.72. The first-order valence-corrected chi connectivity index (χ1v) is 15.0. The molecule has 200 valence electrons. The van der Waals surface area contributed by atoms with Gasteiger partial charge in [-0.05, 0) is 84.8 Å². The Hall–Kier alpha value is -3.52. The van der Waals surface area contributed by atoms with Gasteiger partial charge in [-0.15, -0.1) is 0 Å². The first-order chi connectivity index (χ1) is 18.2. The zero-order valence-corrected chi connectivity index (χ0v) is 22.5. The van der Waals surface area contributed by atoms with Crippen molar-refractivity contribution in [2.45, 2.75) is 39.2 Å². The van der Waals surface area contributed by atoms with Gasteiger partial charge in [-0.3, -0.25) is 4.79 Å². The molecule has 1 aliphatic heterocycles. The van der Waals surface area contributed by atoms with Crippen LogP contribution in [0.25, 0.3) is 11.1 Å². The fraction of sp³-hybridized carbons (Fsp3) is 0.367. The lowest BCUT2D eigenvalue weighted by molar-refractivity contribution is -0.135. The van der Waals surface area contributed by atoms with Crippen LogP contribution in [0.5, 0.6) is 23.0 Å². The summed E-state index contributed by atoms with van der Waals surface area (Å²) in [5.41, 5.74) is 5.31. The van der Waals surface area contributed by atoms with E-state index in [9.17, 15) is 13.2 Å². The number of carbonyl (C=O) groups excluding carboxylic acids is 1. The summed E-state index contributed by atoms with van der Waals surface area (Å²) in [6, 6.07) is 17.2. The van der Waals surface area contributed by atoms with Crippen LogP contribution in [-0.4, -0.2) is 39.6 Å².